The lowest BCUT2D eigenvalue weighted by molar-refractivity contribution is -0.0219. The van der Waals surface area contributed by atoms with Gasteiger partial charge in [0.2, 0.25) is 0 Å². The van der Waals surface area contributed by atoms with Crippen LogP contribution in [0.5, 0.6) is 0 Å². The highest BCUT2D eigenvalue weighted by molar-refractivity contribution is 5.16. The Morgan fingerprint density at radius 1 is 1.36 bits per heavy atom. The minimum absolute atomic E-state index is 0.397. The van der Waals surface area contributed by atoms with Crippen molar-refractivity contribution in [3.63, 3.8) is 0 Å². The number of furan rings is 1. The van der Waals surface area contributed by atoms with Crippen molar-refractivity contribution in [3.05, 3.63) is 24.2 Å². The average molecular weight is 194 g/mol. The van der Waals surface area contributed by atoms with Crippen molar-refractivity contribution in [2.75, 3.05) is 0 Å². The molecule has 2 heteroatoms. The van der Waals surface area contributed by atoms with Crippen LogP contribution in [0.1, 0.15) is 44.6 Å². The maximum atomic E-state index is 10.4. The van der Waals surface area contributed by atoms with E-state index < -0.39 is 5.60 Å². The minimum atomic E-state index is -0.701. The van der Waals surface area contributed by atoms with Gasteiger partial charge in [-0.05, 0) is 31.7 Å². The first-order chi connectivity index (χ1) is 6.71. The molecular formula is C12H18O2. The zero-order valence-electron chi connectivity index (χ0n) is 8.70. The molecule has 0 bridgehead atoms. The first-order valence-electron chi connectivity index (χ1n) is 5.46. The lowest BCUT2D eigenvalue weighted by Crippen LogP contribution is -2.32. The Labute approximate surface area is 84.9 Å². The molecule has 1 aliphatic carbocycles. The largest absolute Gasteiger partial charge is 0.472 e. The Balaban J connectivity index is 2.14. The van der Waals surface area contributed by atoms with Gasteiger partial charge in [-0.2, -0.15) is 0 Å². The van der Waals surface area contributed by atoms with Gasteiger partial charge in [0.25, 0.3) is 0 Å². The van der Waals surface area contributed by atoms with Gasteiger partial charge in [0.05, 0.1) is 18.1 Å². The molecule has 0 aliphatic heterocycles. The zero-order valence-corrected chi connectivity index (χ0v) is 8.70. The van der Waals surface area contributed by atoms with Gasteiger partial charge in [-0.25, -0.2) is 0 Å². The molecule has 1 aliphatic rings. The average Bonchev–Trinajstić information content (AvgIpc) is 2.72. The third kappa shape index (κ3) is 1.71. The molecule has 1 heterocycles. The Kier molecular flexibility index (Phi) is 2.64. The fourth-order valence-electron chi connectivity index (χ4n) is 2.45. The molecule has 1 aromatic rings. The van der Waals surface area contributed by atoms with Crippen LogP contribution in [-0.4, -0.2) is 5.11 Å². The van der Waals surface area contributed by atoms with Crippen molar-refractivity contribution in [3.8, 4) is 0 Å². The number of hydrogen-bond acceptors (Lipinski definition) is 2. The van der Waals surface area contributed by atoms with Crippen molar-refractivity contribution in [2.45, 2.75) is 44.6 Å². The van der Waals surface area contributed by atoms with E-state index in [1.165, 1.54) is 19.3 Å². The first-order valence-corrected chi connectivity index (χ1v) is 5.46. The summed E-state index contributed by atoms with van der Waals surface area (Å²) in [4.78, 5) is 0. The highest BCUT2D eigenvalue weighted by Crippen LogP contribution is 2.38. The van der Waals surface area contributed by atoms with E-state index in [1.807, 2.05) is 13.0 Å². The lowest BCUT2D eigenvalue weighted by Gasteiger charge is -2.34. The second-order valence-corrected chi connectivity index (χ2v) is 4.49. The maximum absolute atomic E-state index is 10.4. The van der Waals surface area contributed by atoms with Crippen LogP contribution < -0.4 is 0 Å². The summed E-state index contributed by atoms with van der Waals surface area (Å²) in [5.74, 6) is 0.397. The van der Waals surface area contributed by atoms with Gasteiger partial charge < -0.3 is 9.52 Å². The normalized spacial score (nSPS) is 23.3. The van der Waals surface area contributed by atoms with E-state index in [9.17, 15) is 5.11 Å². The molecule has 1 atom stereocenters. The topological polar surface area (TPSA) is 33.4 Å². The second-order valence-electron chi connectivity index (χ2n) is 4.49. The lowest BCUT2D eigenvalue weighted by atomic mass is 9.75. The third-order valence-electron chi connectivity index (χ3n) is 3.51. The molecule has 1 saturated carbocycles. The Bertz CT molecular complexity index is 269. The van der Waals surface area contributed by atoms with Gasteiger partial charge in [0.15, 0.2) is 0 Å². The van der Waals surface area contributed by atoms with Gasteiger partial charge in [0, 0.05) is 5.56 Å². The molecule has 0 aromatic carbocycles. The number of aliphatic hydroxyl groups is 1. The van der Waals surface area contributed by atoms with Crippen molar-refractivity contribution in [1.29, 1.82) is 0 Å². The molecule has 2 rings (SSSR count). The highest BCUT2D eigenvalue weighted by Gasteiger charge is 2.34. The Morgan fingerprint density at radius 3 is 2.64 bits per heavy atom. The van der Waals surface area contributed by atoms with E-state index in [4.69, 9.17) is 4.42 Å². The van der Waals surface area contributed by atoms with Gasteiger partial charge in [-0.3, -0.25) is 0 Å². The van der Waals surface area contributed by atoms with Crippen LogP contribution in [0.4, 0.5) is 0 Å². The van der Waals surface area contributed by atoms with Gasteiger partial charge in [-0.15, -0.1) is 0 Å². The summed E-state index contributed by atoms with van der Waals surface area (Å²) >= 11 is 0. The third-order valence-corrected chi connectivity index (χ3v) is 3.51. The van der Waals surface area contributed by atoms with Crippen molar-refractivity contribution < 1.29 is 9.52 Å². The second kappa shape index (κ2) is 3.77. The summed E-state index contributed by atoms with van der Waals surface area (Å²) in [7, 11) is 0. The summed E-state index contributed by atoms with van der Waals surface area (Å²) in [6.45, 7) is 1.91. The first kappa shape index (κ1) is 9.78. The van der Waals surface area contributed by atoms with E-state index in [1.54, 1.807) is 12.5 Å². The maximum Gasteiger partial charge on any atom is 0.0963 e. The predicted octanol–water partition coefficient (Wildman–Crippen LogP) is 3.07. The van der Waals surface area contributed by atoms with Crippen molar-refractivity contribution >= 4 is 0 Å². The summed E-state index contributed by atoms with van der Waals surface area (Å²) in [6, 6.07) is 1.87. The minimum Gasteiger partial charge on any atom is -0.472 e. The van der Waals surface area contributed by atoms with Crippen LogP contribution in [0.3, 0.4) is 0 Å². The van der Waals surface area contributed by atoms with Crippen molar-refractivity contribution in [1.82, 2.24) is 0 Å². The molecule has 0 saturated heterocycles. The van der Waals surface area contributed by atoms with Crippen LogP contribution >= 0.6 is 0 Å². The fourth-order valence-corrected chi connectivity index (χ4v) is 2.45. The predicted molar refractivity (Wildman–Crippen MR) is 54.9 cm³/mol. The molecule has 2 nitrogen and oxygen atoms in total. The smallest absolute Gasteiger partial charge is 0.0963 e. The summed E-state index contributed by atoms with van der Waals surface area (Å²) in [5, 5.41) is 10.4. The van der Waals surface area contributed by atoms with Crippen LogP contribution in [0, 0.1) is 5.92 Å². The van der Waals surface area contributed by atoms with Crippen LogP contribution in [-0.2, 0) is 5.60 Å². The SMILES string of the molecule is CC(O)(c1ccoc1)C1CCCCC1. The van der Waals surface area contributed by atoms with Gasteiger partial charge in [0.1, 0.15) is 0 Å². The van der Waals surface area contributed by atoms with Crippen molar-refractivity contribution in [2.24, 2.45) is 5.92 Å². The molecule has 0 spiro atoms. The number of hydrogen-bond donors (Lipinski definition) is 1. The van der Waals surface area contributed by atoms with Crippen LogP contribution in [0.2, 0.25) is 0 Å². The molecule has 78 valence electrons. The zero-order chi connectivity index (χ0) is 10.0. The quantitative estimate of drug-likeness (QED) is 0.785. The monoisotopic (exact) mass is 194 g/mol. The molecule has 0 radical (unpaired) electrons. The van der Waals surface area contributed by atoms with Gasteiger partial charge >= 0.3 is 0 Å². The van der Waals surface area contributed by atoms with E-state index in [0.29, 0.717) is 5.92 Å². The molecular weight excluding hydrogens is 176 g/mol. The van der Waals surface area contributed by atoms with E-state index >= 15 is 0 Å². The Hall–Kier alpha value is -0.760. The molecule has 14 heavy (non-hydrogen) atoms. The standard InChI is InChI=1S/C12H18O2/c1-12(13,11-7-8-14-9-11)10-5-3-2-4-6-10/h7-10,13H,2-6H2,1H3. The van der Waals surface area contributed by atoms with Crippen LogP contribution in [0.15, 0.2) is 23.0 Å². The summed E-state index contributed by atoms with van der Waals surface area (Å²) < 4.78 is 5.03. The highest BCUT2D eigenvalue weighted by atomic mass is 16.3. The molecule has 1 unspecified atom stereocenters. The fraction of sp³-hybridized carbons (Fsp3) is 0.667. The van der Waals surface area contributed by atoms with E-state index in [-0.39, 0.29) is 0 Å². The van der Waals surface area contributed by atoms with Gasteiger partial charge in [-0.1, -0.05) is 19.3 Å². The number of rotatable bonds is 2. The van der Waals surface area contributed by atoms with E-state index in [0.717, 1.165) is 18.4 Å². The summed E-state index contributed by atoms with van der Waals surface area (Å²) in [5.41, 5.74) is 0.220. The molecule has 1 aromatic heterocycles. The van der Waals surface area contributed by atoms with Crippen LogP contribution in [0.25, 0.3) is 0 Å². The summed E-state index contributed by atoms with van der Waals surface area (Å²) in [6.07, 6.45) is 9.38. The Morgan fingerprint density at radius 2 is 2.07 bits per heavy atom. The van der Waals surface area contributed by atoms with E-state index in [2.05, 4.69) is 0 Å². The molecule has 1 fully saturated rings. The molecule has 1 N–H and O–H groups in total. The molecule has 0 amide bonds.